The molecule has 2 rings (SSSR count). The summed E-state index contributed by atoms with van der Waals surface area (Å²) in [6.45, 7) is 1.90. The standard InChI is InChI=1S/C15H14ClF2NO/c1-9(19)6-10-2-4-14(12(16)7-10)20-15-5-3-11(17)8-13(15)18/h2-5,7-9H,6,19H2,1H3. The van der Waals surface area contributed by atoms with Crippen molar-refractivity contribution >= 4 is 11.6 Å². The molecule has 0 bridgehead atoms. The van der Waals surface area contributed by atoms with Gasteiger partial charge in [-0.05, 0) is 43.2 Å². The van der Waals surface area contributed by atoms with Crippen molar-refractivity contribution in [3.63, 3.8) is 0 Å². The zero-order valence-electron chi connectivity index (χ0n) is 10.9. The number of nitrogens with two attached hydrogens (primary N) is 1. The molecule has 0 spiro atoms. The normalized spacial score (nSPS) is 12.2. The molecule has 106 valence electrons. The molecule has 0 aliphatic carbocycles. The van der Waals surface area contributed by atoms with E-state index in [9.17, 15) is 8.78 Å². The summed E-state index contributed by atoms with van der Waals surface area (Å²) in [4.78, 5) is 0. The molecule has 5 heteroatoms. The fraction of sp³-hybridized carbons (Fsp3) is 0.200. The summed E-state index contributed by atoms with van der Waals surface area (Å²) >= 11 is 6.08. The molecule has 1 unspecified atom stereocenters. The van der Waals surface area contributed by atoms with Crippen LogP contribution in [-0.4, -0.2) is 6.04 Å². The molecule has 2 nitrogen and oxygen atoms in total. The number of hydrogen-bond donors (Lipinski definition) is 1. The fourth-order valence-electron chi connectivity index (χ4n) is 1.80. The van der Waals surface area contributed by atoms with E-state index in [1.54, 1.807) is 12.1 Å². The van der Waals surface area contributed by atoms with E-state index < -0.39 is 11.6 Å². The van der Waals surface area contributed by atoms with Crippen molar-refractivity contribution in [3.8, 4) is 11.5 Å². The molecule has 0 saturated heterocycles. The van der Waals surface area contributed by atoms with Gasteiger partial charge in [-0.25, -0.2) is 8.78 Å². The monoisotopic (exact) mass is 297 g/mol. The Morgan fingerprint density at radius 1 is 1.15 bits per heavy atom. The molecule has 0 aliphatic heterocycles. The summed E-state index contributed by atoms with van der Waals surface area (Å²) < 4.78 is 31.7. The van der Waals surface area contributed by atoms with Crippen LogP contribution in [0.25, 0.3) is 0 Å². The highest BCUT2D eigenvalue weighted by Crippen LogP contribution is 2.31. The van der Waals surface area contributed by atoms with E-state index in [4.69, 9.17) is 22.1 Å². The minimum absolute atomic E-state index is 0.0207. The number of rotatable bonds is 4. The first-order chi connectivity index (χ1) is 9.45. The van der Waals surface area contributed by atoms with Gasteiger partial charge in [0, 0.05) is 12.1 Å². The Bertz CT molecular complexity index is 617. The Kier molecular flexibility index (Phi) is 4.57. The van der Waals surface area contributed by atoms with Crippen LogP contribution in [0.2, 0.25) is 5.02 Å². The topological polar surface area (TPSA) is 35.2 Å². The molecule has 2 aromatic carbocycles. The lowest BCUT2D eigenvalue weighted by Crippen LogP contribution is -2.17. The summed E-state index contributed by atoms with van der Waals surface area (Å²) in [5, 5.41) is 0.354. The molecule has 2 N–H and O–H groups in total. The van der Waals surface area contributed by atoms with Crippen molar-refractivity contribution in [3.05, 3.63) is 58.6 Å². The van der Waals surface area contributed by atoms with Crippen LogP contribution < -0.4 is 10.5 Å². The minimum atomic E-state index is -0.777. The predicted molar refractivity (Wildman–Crippen MR) is 75.2 cm³/mol. The van der Waals surface area contributed by atoms with Crippen LogP contribution in [0.5, 0.6) is 11.5 Å². The molecule has 0 saturated carbocycles. The maximum Gasteiger partial charge on any atom is 0.168 e. The van der Waals surface area contributed by atoms with Crippen molar-refractivity contribution in [1.29, 1.82) is 0 Å². The van der Waals surface area contributed by atoms with Gasteiger partial charge < -0.3 is 10.5 Å². The third-order valence-electron chi connectivity index (χ3n) is 2.67. The van der Waals surface area contributed by atoms with Gasteiger partial charge in [0.1, 0.15) is 11.6 Å². The number of benzene rings is 2. The van der Waals surface area contributed by atoms with Gasteiger partial charge in [0.25, 0.3) is 0 Å². The first-order valence-corrected chi connectivity index (χ1v) is 6.50. The van der Waals surface area contributed by atoms with Gasteiger partial charge in [-0.15, -0.1) is 0 Å². The maximum absolute atomic E-state index is 13.5. The third-order valence-corrected chi connectivity index (χ3v) is 2.96. The van der Waals surface area contributed by atoms with Crippen LogP contribution in [0.4, 0.5) is 8.78 Å². The van der Waals surface area contributed by atoms with Crippen LogP contribution in [0, 0.1) is 11.6 Å². The van der Waals surface area contributed by atoms with Gasteiger partial charge in [-0.3, -0.25) is 0 Å². The highest BCUT2D eigenvalue weighted by Gasteiger charge is 2.10. The van der Waals surface area contributed by atoms with Gasteiger partial charge in [-0.1, -0.05) is 17.7 Å². The quantitative estimate of drug-likeness (QED) is 0.913. The Morgan fingerprint density at radius 3 is 2.45 bits per heavy atom. The van der Waals surface area contributed by atoms with Crippen LogP contribution in [0.3, 0.4) is 0 Å². The van der Waals surface area contributed by atoms with E-state index in [0.717, 1.165) is 17.7 Å². The molecule has 0 heterocycles. The average molecular weight is 298 g/mol. The van der Waals surface area contributed by atoms with Crippen molar-refractivity contribution in [2.75, 3.05) is 0 Å². The van der Waals surface area contributed by atoms with E-state index >= 15 is 0 Å². The Morgan fingerprint density at radius 2 is 1.85 bits per heavy atom. The summed E-state index contributed by atoms with van der Waals surface area (Å²) in [5.41, 5.74) is 6.68. The van der Waals surface area contributed by atoms with Gasteiger partial charge in [0.15, 0.2) is 11.6 Å². The SMILES string of the molecule is CC(N)Cc1ccc(Oc2ccc(F)cc2F)c(Cl)c1. The lowest BCUT2D eigenvalue weighted by Gasteiger charge is -2.11. The Labute approximate surface area is 121 Å². The Hall–Kier alpha value is -1.65. The molecule has 2 aromatic rings. The smallest absolute Gasteiger partial charge is 0.168 e. The Balaban J connectivity index is 2.21. The lowest BCUT2D eigenvalue weighted by atomic mass is 10.1. The van der Waals surface area contributed by atoms with Crippen LogP contribution in [-0.2, 0) is 6.42 Å². The third kappa shape index (κ3) is 3.68. The highest BCUT2D eigenvalue weighted by molar-refractivity contribution is 6.32. The molecule has 1 atom stereocenters. The average Bonchev–Trinajstić information content (AvgIpc) is 2.34. The van der Waals surface area contributed by atoms with Crippen LogP contribution in [0.15, 0.2) is 36.4 Å². The second-order valence-electron chi connectivity index (χ2n) is 4.62. The highest BCUT2D eigenvalue weighted by atomic mass is 35.5. The summed E-state index contributed by atoms with van der Waals surface area (Å²) in [5.74, 6) is -1.20. The van der Waals surface area contributed by atoms with E-state index in [0.29, 0.717) is 17.2 Å². The first kappa shape index (κ1) is 14.8. The zero-order chi connectivity index (χ0) is 14.7. The summed E-state index contributed by atoms with van der Waals surface area (Å²) in [7, 11) is 0. The van der Waals surface area contributed by atoms with E-state index in [1.165, 1.54) is 6.07 Å². The number of hydrogen-bond acceptors (Lipinski definition) is 2. The molecular weight excluding hydrogens is 284 g/mol. The van der Waals surface area contributed by atoms with Gasteiger partial charge in [0.2, 0.25) is 0 Å². The summed E-state index contributed by atoms with van der Waals surface area (Å²) in [6, 6.07) is 8.30. The first-order valence-electron chi connectivity index (χ1n) is 6.12. The molecule has 20 heavy (non-hydrogen) atoms. The van der Waals surface area contributed by atoms with Crippen molar-refractivity contribution in [2.24, 2.45) is 5.73 Å². The molecule has 0 amide bonds. The molecule has 0 aromatic heterocycles. The zero-order valence-corrected chi connectivity index (χ0v) is 11.6. The second kappa shape index (κ2) is 6.20. The van der Waals surface area contributed by atoms with Gasteiger partial charge >= 0.3 is 0 Å². The predicted octanol–water partition coefficient (Wildman–Crippen LogP) is 4.30. The molecular formula is C15H14ClF2NO. The number of halogens is 3. The van der Waals surface area contributed by atoms with E-state index in [-0.39, 0.29) is 11.8 Å². The van der Waals surface area contributed by atoms with E-state index in [1.807, 2.05) is 13.0 Å². The number of ether oxygens (including phenoxy) is 1. The largest absolute Gasteiger partial charge is 0.453 e. The van der Waals surface area contributed by atoms with Crippen LogP contribution in [0.1, 0.15) is 12.5 Å². The van der Waals surface area contributed by atoms with Crippen molar-refractivity contribution in [2.45, 2.75) is 19.4 Å². The molecule has 0 aliphatic rings. The maximum atomic E-state index is 13.5. The van der Waals surface area contributed by atoms with Gasteiger partial charge in [-0.2, -0.15) is 0 Å². The van der Waals surface area contributed by atoms with Gasteiger partial charge in [0.05, 0.1) is 5.02 Å². The fourth-order valence-corrected chi connectivity index (χ4v) is 2.04. The minimum Gasteiger partial charge on any atom is -0.453 e. The van der Waals surface area contributed by atoms with Crippen LogP contribution >= 0.6 is 11.6 Å². The molecule has 0 fully saturated rings. The van der Waals surface area contributed by atoms with Crippen molar-refractivity contribution < 1.29 is 13.5 Å². The van der Waals surface area contributed by atoms with E-state index in [2.05, 4.69) is 0 Å². The molecule has 0 radical (unpaired) electrons. The summed E-state index contributed by atoms with van der Waals surface area (Å²) in [6.07, 6.45) is 0.685. The second-order valence-corrected chi connectivity index (χ2v) is 5.03. The lowest BCUT2D eigenvalue weighted by molar-refractivity contribution is 0.437. The van der Waals surface area contributed by atoms with Crippen molar-refractivity contribution in [1.82, 2.24) is 0 Å².